The van der Waals surface area contributed by atoms with E-state index in [1.807, 2.05) is 16.8 Å². The van der Waals surface area contributed by atoms with E-state index in [0.29, 0.717) is 32.6 Å². The zero-order valence-corrected chi connectivity index (χ0v) is 12.8. The van der Waals surface area contributed by atoms with Gasteiger partial charge in [-0.3, -0.25) is 4.79 Å². The fraction of sp³-hybridized carbons (Fsp3) is 0.615. The minimum Gasteiger partial charge on any atom is -0.387 e. The largest absolute Gasteiger partial charge is 0.387 e. The summed E-state index contributed by atoms with van der Waals surface area (Å²) >= 11 is 1.52. The van der Waals surface area contributed by atoms with Gasteiger partial charge in [0.25, 0.3) is 0 Å². The van der Waals surface area contributed by atoms with Crippen molar-refractivity contribution in [1.82, 2.24) is 5.32 Å². The standard InChI is InChI=1S/C13H20N2O3S.ClH/c14-9-13(2-4-18-5-3-13)12(17)15-7-11(16)10-1-6-19-8-10;/h1,6,8,11,16H,2-5,7,9,14H2,(H,15,17);1H. The molecule has 0 aliphatic carbocycles. The van der Waals surface area contributed by atoms with Gasteiger partial charge in [-0.05, 0) is 35.2 Å². The highest BCUT2D eigenvalue weighted by Gasteiger charge is 2.38. The number of carbonyl (C=O) groups is 1. The number of carbonyl (C=O) groups excluding carboxylic acids is 1. The van der Waals surface area contributed by atoms with Crippen molar-refractivity contribution in [3.8, 4) is 0 Å². The van der Waals surface area contributed by atoms with Crippen LogP contribution < -0.4 is 11.1 Å². The first-order valence-corrected chi connectivity index (χ1v) is 7.38. The van der Waals surface area contributed by atoms with Crippen LogP contribution >= 0.6 is 23.7 Å². The van der Waals surface area contributed by atoms with Crippen LogP contribution in [0.5, 0.6) is 0 Å². The number of nitrogens with two attached hydrogens (primary N) is 1. The second kappa shape index (κ2) is 7.95. The maximum absolute atomic E-state index is 12.3. The molecule has 1 fully saturated rings. The van der Waals surface area contributed by atoms with Crippen LogP contribution in [0.2, 0.25) is 0 Å². The van der Waals surface area contributed by atoms with Crippen molar-refractivity contribution >= 4 is 29.7 Å². The number of hydrogen-bond donors (Lipinski definition) is 3. The molecule has 0 aromatic carbocycles. The zero-order chi connectivity index (χ0) is 13.7. The van der Waals surface area contributed by atoms with Crippen LogP contribution in [0, 0.1) is 5.41 Å². The minimum absolute atomic E-state index is 0. The molecule has 1 unspecified atom stereocenters. The van der Waals surface area contributed by atoms with Gasteiger partial charge in [0.05, 0.1) is 11.5 Å². The Hall–Kier alpha value is -0.660. The third-order valence-corrected chi connectivity index (χ3v) is 4.41. The Kier molecular flexibility index (Phi) is 6.91. The predicted molar refractivity (Wildman–Crippen MR) is 81.1 cm³/mol. The highest BCUT2D eigenvalue weighted by molar-refractivity contribution is 7.07. The molecule has 1 aromatic rings. The number of aliphatic hydroxyl groups is 1. The SMILES string of the molecule is Cl.NCC1(C(=O)NCC(O)c2ccsc2)CCOCC1. The third kappa shape index (κ3) is 3.93. The molecule has 7 heteroatoms. The molecule has 1 aliphatic rings. The van der Waals surface area contributed by atoms with Gasteiger partial charge >= 0.3 is 0 Å². The first-order chi connectivity index (χ1) is 9.18. The molecule has 0 spiro atoms. The predicted octanol–water partition coefficient (Wildman–Crippen LogP) is 1.07. The normalized spacial score (nSPS) is 18.9. The van der Waals surface area contributed by atoms with E-state index in [4.69, 9.17) is 10.5 Å². The third-order valence-electron chi connectivity index (χ3n) is 3.71. The average molecular weight is 321 g/mol. The lowest BCUT2D eigenvalue weighted by Crippen LogP contribution is -2.49. The number of nitrogens with one attached hydrogen (secondary N) is 1. The number of rotatable bonds is 5. The molecule has 0 saturated carbocycles. The van der Waals surface area contributed by atoms with Gasteiger partial charge in [-0.25, -0.2) is 0 Å². The van der Waals surface area contributed by atoms with Crippen molar-refractivity contribution in [3.63, 3.8) is 0 Å². The summed E-state index contributed by atoms with van der Waals surface area (Å²) in [4.78, 5) is 12.3. The first-order valence-electron chi connectivity index (χ1n) is 6.44. The van der Waals surface area contributed by atoms with E-state index in [2.05, 4.69) is 5.32 Å². The zero-order valence-electron chi connectivity index (χ0n) is 11.2. The van der Waals surface area contributed by atoms with Gasteiger partial charge in [-0.15, -0.1) is 12.4 Å². The van der Waals surface area contributed by atoms with Gasteiger partial charge in [-0.1, -0.05) is 0 Å². The molecule has 1 saturated heterocycles. The van der Waals surface area contributed by atoms with Crippen LogP contribution in [0.3, 0.4) is 0 Å². The van der Waals surface area contributed by atoms with Crippen molar-refractivity contribution < 1.29 is 14.6 Å². The summed E-state index contributed by atoms with van der Waals surface area (Å²) in [6, 6.07) is 1.86. The molecule has 1 aliphatic heterocycles. The number of thiophene rings is 1. The lowest BCUT2D eigenvalue weighted by atomic mass is 9.79. The van der Waals surface area contributed by atoms with Crippen molar-refractivity contribution in [2.75, 3.05) is 26.3 Å². The lowest BCUT2D eigenvalue weighted by Gasteiger charge is -2.34. The Morgan fingerprint density at radius 2 is 2.25 bits per heavy atom. The Morgan fingerprint density at radius 1 is 1.55 bits per heavy atom. The van der Waals surface area contributed by atoms with Crippen molar-refractivity contribution in [2.45, 2.75) is 18.9 Å². The van der Waals surface area contributed by atoms with Crippen LogP contribution in [0.25, 0.3) is 0 Å². The van der Waals surface area contributed by atoms with E-state index in [0.717, 1.165) is 5.56 Å². The van der Waals surface area contributed by atoms with E-state index < -0.39 is 11.5 Å². The highest BCUT2D eigenvalue weighted by Crippen LogP contribution is 2.29. The van der Waals surface area contributed by atoms with E-state index in [-0.39, 0.29) is 24.9 Å². The monoisotopic (exact) mass is 320 g/mol. The number of ether oxygens (including phenoxy) is 1. The van der Waals surface area contributed by atoms with E-state index in [1.54, 1.807) is 0 Å². The maximum atomic E-state index is 12.3. The Morgan fingerprint density at radius 3 is 2.80 bits per heavy atom. The fourth-order valence-electron chi connectivity index (χ4n) is 2.25. The summed E-state index contributed by atoms with van der Waals surface area (Å²) in [5.74, 6) is -0.0763. The van der Waals surface area contributed by atoms with Crippen LogP contribution in [-0.4, -0.2) is 37.3 Å². The number of amides is 1. The Labute approximate surface area is 128 Å². The molecule has 20 heavy (non-hydrogen) atoms. The summed E-state index contributed by atoms with van der Waals surface area (Å²) in [7, 11) is 0. The Balaban J connectivity index is 0.00000200. The number of aliphatic hydroxyl groups excluding tert-OH is 1. The summed E-state index contributed by atoms with van der Waals surface area (Å²) in [5.41, 5.74) is 6.06. The molecular weight excluding hydrogens is 300 g/mol. The Bertz CT molecular complexity index is 408. The fourth-order valence-corrected chi connectivity index (χ4v) is 2.95. The van der Waals surface area contributed by atoms with E-state index >= 15 is 0 Å². The first kappa shape index (κ1) is 17.4. The van der Waals surface area contributed by atoms with E-state index in [1.165, 1.54) is 11.3 Å². The summed E-state index contributed by atoms with van der Waals surface area (Å²) in [6.45, 7) is 1.67. The smallest absolute Gasteiger partial charge is 0.227 e. The van der Waals surface area contributed by atoms with Crippen LogP contribution in [0.15, 0.2) is 16.8 Å². The topological polar surface area (TPSA) is 84.6 Å². The molecule has 1 aromatic heterocycles. The van der Waals surface area contributed by atoms with Gasteiger partial charge in [0, 0.05) is 26.3 Å². The molecule has 114 valence electrons. The number of hydrogen-bond acceptors (Lipinski definition) is 5. The van der Waals surface area contributed by atoms with Crippen molar-refractivity contribution in [3.05, 3.63) is 22.4 Å². The van der Waals surface area contributed by atoms with Crippen molar-refractivity contribution in [2.24, 2.45) is 11.1 Å². The molecule has 5 nitrogen and oxygen atoms in total. The van der Waals surface area contributed by atoms with Gasteiger partial charge in [-0.2, -0.15) is 11.3 Å². The average Bonchev–Trinajstić information content (AvgIpc) is 2.99. The van der Waals surface area contributed by atoms with Crippen LogP contribution in [0.1, 0.15) is 24.5 Å². The summed E-state index contributed by atoms with van der Waals surface area (Å²) < 4.78 is 5.28. The lowest BCUT2D eigenvalue weighted by molar-refractivity contribution is -0.136. The molecule has 1 amide bonds. The molecule has 1 atom stereocenters. The molecule has 4 N–H and O–H groups in total. The van der Waals surface area contributed by atoms with Gasteiger partial charge < -0.3 is 20.9 Å². The molecular formula is C13H21ClN2O3S. The number of halogens is 1. The molecule has 0 radical (unpaired) electrons. The summed E-state index contributed by atoms with van der Waals surface area (Å²) in [6.07, 6.45) is 0.623. The maximum Gasteiger partial charge on any atom is 0.227 e. The molecule has 2 rings (SSSR count). The van der Waals surface area contributed by atoms with Gasteiger partial charge in [0.1, 0.15) is 0 Å². The molecule has 2 heterocycles. The molecule has 0 bridgehead atoms. The van der Waals surface area contributed by atoms with Crippen LogP contribution in [-0.2, 0) is 9.53 Å². The van der Waals surface area contributed by atoms with Gasteiger partial charge in [0.2, 0.25) is 5.91 Å². The quantitative estimate of drug-likeness (QED) is 0.758. The second-order valence-corrected chi connectivity index (χ2v) is 5.66. The van der Waals surface area contributed by atoms with Crippen molar-refractivity contribution in [1.29, 1.82) is 0 Å². The second-order valence-electron chi connectivity index (χ2n) is 4.88. The highest BCUT2D eigenvalue weighted by atomic mass is 35.5. The summed E-state index contributed by atoms with van der Waals surface area (Å²) in [5, 5.41) is 16.5. The van der Waals surface area contributed by atoms with E-state index in [9.17, 15) is 9.90 Å². The minimum atomic E-state index is -0.662. The van der Waals surface area contributed by atoms with Crippen LogP contribution in [0.4, 0.5) is 0 Å². The van der Waals surface area contributed by atoms with Gasteiger partial charge in [0.15, 0.2) is 0 Å².